The summed E-state index contributed by atoms with van der Waals surface area (Å²) in [7, 11) is 0. The Labute approximate surface area is 328 Å². The van der Waals surface area contributed by atoms with E-state index in [0.717, 1.165) is 83.2 Å². The SMILES string of the molecule is c1ccc(-c2ccc(N(c3ccc4c(c3)oc3ccccc34)c3ccc4c(c3)oc3cccc(-c5nc(-c6ccccc6)nc(-c6ccccc6)n5)c34)cc2)cc1. The lowest BCUT2D eigenvalue weighted by Gasteiger charge is -2.25. The Hall–Kier alpha value is -7.83. The predicted octanol–water partition coefficient (Wildman–Crippen LogP) is 13.8. The van der Waals surface area contributed by atoms with Gasteiger partial charge >= 0.3 is 0 Å². The van der Waals surface area contributed by atoms with E-state index in [-0.39, 0.29) is 0 Å². The third-order valence-corrected chi connectivity index (χ3v) is 10.5. The third kappa shape index (κ3) is 5.79. The lowest BCUT2D eigenvalue weighted by molar-refractivity contribution is 0.669. The second kappa shape index (κ2) is 13.5. The molecule has 0 aliphatic carbocycles. The van der Waals surface area contributed by atoms with E-state index in [4.69, 9.17) is 23.8 Å². The fourth-order valence-corrected chi connectivity index (χ4v) is 7.80. The van der Waals surface area contributed by atoms with Gasteiger partial charge in [0.15, 0.2) is 17.5 Å². The Kier molecular flexibility index (Phi) is 7.71. The minimum Gasteiger partial charge on any atom is -0.456 e. The molecule has 8 aromatic carbocycles. The Morgan fingerprint density at radius 2 is 0.789 bits per heavy atom. The summed E-state index contributed by atoms with van der Waals surface area (Å²) in [6, 6.07) is 66.3. The van der Waals surface area contributed by atoms with Crippen LogP contribution in [0.2, 0.25) is 0 Å². The quantitative estimate of drug-likeness (QED) is 0.162. The molecule has 0 fully saturated rings. The normalized spacial score (nSPS) is 11.5. The number of fused-ring (bicyclic) bond motifs is 6. The molecule has 0 spiro atoms. The van der Waals surface area contributed by atoms with E-state index in [0.29, 0.717) is 17.5 Å². The lowest BCUT2D eigenvalue weighted by Crippen LogP contribution is -2.09. The van der Waals surface area contributed by atoms with Crippen LogP contribution in [0, 0.1) is 0 Å². The standard InChI is InChI=1S/C51H32N4O2/c1-4-13-33(14-5-1)34-23-25-37(26-24-34)55(38-27-29-41-40-19-10-11-21-44(40)56-46(41)31-38)39-28-30-42-47(32-39)57-45-22-12-20-43(48(42)45)51-53-49(35-15-6-2-7-16-35)52-50(54-51)36-17-8-3-9-18-36/h1-32H. The molecule has 0 saturated carbocycles. The third-order valence-electron chi connectivity index (χ3n) is 10.5. The monoisotopic (exact) mass is 732 g/mol. The van der Waals surface area contributed by atoms with Gasteiger partial charge in [-0.15, -0.1) is 0 Å². The van der Waals surface area contributed by atoms with Gasteiger partial charge in [-0.05, 0) is 59.7 Å². The molecule has 57 heavy (non-hydrogen) atoms. The molecular formula is C51H32N4O2. The molecule has 0 amide bonds. The molecule has 0 saturated heterocycles. The largest absolute Gasteiger partial charge is 0.456 e. The van der Waals surface area contributed by atoms with Gasteiger partial charge < -0.3 is 13.7 Å². The van der Waals surface area contributed by atoms with Gasteiger partial charge in [0, 0.05) is 67.4 Å². The van der Waals surface area contributed by atoms with E-state index >= 15 is 0 Å². The van der Waals surface area contributed by atoms with Crippen molar-refractivity contribution < 1.29 is 8.83 Å². The molecule has 3 aromatic heterocycles. The molecule has 0 aliphatic rings. The van der Waals surface area contributed by atoms with Crippen molar-refractivity contribution in [3.8, 4) is 45.3 Å². The van der Waals surface area contributed by atoms with Crippen LogP contribution >= 0.6 is 0 Å². The minimum atomic E-state index is 0.583. The van der Waals surface area contributed by atoms with E-state index in [1.165, 1.54) is 5.56 Å². The smallest absolute Gasteiger partial charge is 0.164 e. The van der Waals surface area contributed by atoms with Crippen molar-refractivity contribution in [2.75, 3.05) is 4.90 Å². The minimum absolute atomic E-state index is 0.583. The average molecular weight is 733 g/mol. The molecule has 0 unspecified atom stereocenters. The molecule has 0 radical (unpaired) electrons. The number of rotatable bonds is 7. The van der Waals surface area contributed by atoms with E-state index in [1.54, 1.807) is 0 Å². The van der Waals surface area contributed by atoms with Crippen molar-refractivity contribution >= 4 is 60.9 Å². The highest BCUT2D eigenvalue weighted by molar-refractivity contribution is 6.13. The second-order valence-electron chi connectivity index (χ2n) is 14.0. The summed E-state index contributed by atoms with van der Waals surface area (Å²) in [5.74, 6) is 1.81. The Balaban J connectivity index is 1.07. The number of aromatic nitrogens is 3. The van der Waals surface area contributed by atoms with Crippen LogP contribution in [0.25, 0.3) is 89.2 Å². The number of benzene rings is 8. The fraction of sp³-hybridized carbons (Fsp3) is 0. The van der Waals surface area contributed by atoms with Crippen LogP contribution in [0.15, 0.2) is 203 Å². The topological polar surface area (TPSA) is 68.2 Å². The zero-order valence-corrected chi connectivity index (χ0v) is 30.6. The Morgan fingerprint density at radius 3 is 1.46 bits per heavy atom. The van der Waals surface area contributed by atoms with Crippen LogP contribution < -0.4 is 4.90 Å². The number of furan rings is 2. The number of nitrogens with zero attached hydrogens (tertiary/aromatic N) is 4. The van der Waals surface area contributed by atoms with E-state index < -0.39 is 0 Å². The van der Waals surface area contributed by atoms with Crippen LogP contribution in [0.1, 0.15) is 0 Å². The maximum atomic E-state index is 6.68. The zero-order valence-electron chi connectivity index (χ0n) is 30.6. The number of para-hydroxylation sites is 1. The summed E-state index contributed by atoms with van der Waals surface area (Å²) >= 11 is 0. The summed E-state index contributed by atoms with van der Waals surface area (Å²) in [4.78, 5) is 17.3. The lowest BCUT2D eigenvalue weighted by atomic mass is 10.0. The van der Waals surface area contributed by atoms with Crippen molar-refractivity contribution in [2.45, 2.75) is 0 Å². The zero-order chi connectivity index (χ0) is 37.7. The molecular weight excluding hydrogens is 701 g/mol. The highest BCUT2D eigenvalue weighted by Crippen LogP contribution is 2.43. The van der Waals surface area contributed by atoms with Crippen LogP contribution in [0.4, 0.5) is 17.1 Å². The predicted molar refractivity (Wildman–Crippen MR) is 231 cm³/mol. The molecule has 0 atom stereocenters. The summed E-state index contributed by atoms with van der Waals surface area (Å²) in [6.07, 6.45) is 0. The molecule has 11 rings (SSSR count). The average Bonchev–Trinajstić information content (AvgIpc) is 3.85. The first-order valence-corrected chi connectivity index (χ1v) is 18.9. The van der Waals surface area contributed by atoms with Crippen molar-refractivity contribution in [1.29, 1.82) is 0 Å². The van der Waals surface area contributed by atoms with Crippen LogP contribution in [-0.2, 0) is 0 Å². The van der Waals surface area contributed by atoms with Gasteiger partial charge in [-0.1, -0.05) is 133 Å². The maximum Gasteiger partial charge on any atom is 0.164 e. The molecule has 6 heteroatoms. The molecule has 268 valence electrons. The number of anilines is 3. The summed E-state index contributed by atoms with van der Waals surface area (Å²) in [5.41, 5.74) is 11.2. The number of hydrogen-bond donors (Lipinski definition) is 0. The molecule has 11 aromatic rings. The van der Waals surface area contributed by atoms with Crippen molar-refractivity contribution in [3.63, 3.8) is 0 Å². The summed E-state index contributed by atoms with van der Waals surface area (Å²) in [6.45, 7) is 0. The number of hydrogen-bond acceptors (Lipinski definition) is 6. The van der Waals surface area contributed by atoms with Crippen molar-refractivity contribution in [3.05, 3.63) is 194 Å². The first kappa shape index (κ1) is 32.6. The van der Waals surface area contributed by atoms with Gasteiger partial charge in [-0.25, -0.2) is 15.0 Å². The molecule has 0 N–H and O–H groups in total. The van der Waals surface area contributed by atoms with Crippen LogP contribution in [0.3, 0.4) is 0 Å². The summed E-state index contributed by atoms with van der Waals surface area (Å²) < 4.78 is 13.0. The molecule has 6 nitrogen and oxygen atoms in total. The maximum absolute atomic E-state index is 6.68. The van der Waals surface area contributed by atoms with Crippen molar-refractivity contribution in [2.24, 2.45) is 0 Å². The van der Waals surface area contributed by atoms with Crippen LogP contribution in [0.5, 0.6) is 0 Å². The highest BCUT2D eigenvalue weighted by Gasteiger charge is 2.21. The highest BCUT2D eigenvalue weighted by atomic mass is 16.3. The van der Waals surface area contributed by atoms with Crippen LogP contribution in [-0.4, -0.2) is 15.0 Å². The first-order valence-electron chi connectivity index (χ1n) is 18.9. The molecule has 0 aliphatic heterocycles. The van der Waals surface area contributed by atoms with Crippen molar-refractivity contribution in [1.82, 2.24) is 15.0 Å². The van der Waals surface area contributed by atoms with E-state index in [2.05, 4.69) is 102 Å². The molecule has 0 bridgehead atoms. The van der Waals surface area contributed by atoms with Gasteiger partial charge in [0.2, 0.25) is 0 Å². The van der Waals surface area contributed by atoms with E-state index in [9.17, 15) is 0 Å². The molecule has 3 heterocycles. The first-order chi connectivity index (χ1) is 28.2. The van der Waals surface area contributed by atoms with Gasteiger partial charge in [0.05, 0.1) is 0 Å². The Morgan fingerprint density at radius 1 is 0.316 bits per heavy atom. The second-order valence-corrected chi connectivity index (χ2v) is 14.0. The van der Waals surface area contributed by atoms with Gasteiger partial charge in [0.25, 0.3) is 0 Å². The van der Waals surface area contributed by atoms with Gasteiger partial charge in [-0.3, -0.25) is 0 Å². The summed E-state index contributed by atoms with van der Waals surface area (Å²) in [5, 5.41) is 4.10. The van der Waals surface area contributed by atoms with E-state index in [1.807, 2.05) is 97.1 Å². The fourth-order valence-electron chi connectivity index (χ4n) is 7.80. The Bertz CT molecular complexity index is 3170. The van der Waals surface area contributed by atoms with Gasteiger partial charge in [0.1, 0.15) is 22.3 Å². The van der Waals surface area contributed by atoms with Gasteiger partial charge in [-0.2, -0.15) is 0 Å².